The van der Waals surface area contributed by atoms with Crippen molar-refractivity contribution in [1.82, 2.24) is 24.8 Å². The summed E-state index contributed by atoms with van der Waals surface area (Å²) in [5, 5.41) is 4.03. The Morgan fingerprint density at radius 3 is 2.72 bits per heavy atom. The van der Waals surface area contributed by atoms with Crippen LogP contribution in [0, 0.1) is 11.8 Å². The van der Waals surface area contributed by atoms with Crippen LogP contribution in [0.2, 0.25) is 24.7 Å². The van der Waals surface area contributed by atoms with Gasteiger partial charge in [-0.3, -0.25) is 9.69 Å². The van der Waals surface area contributed by atoms with E-state index < -0.39 is 8.07 Å². The van der Waals surface area contributed by atoms with Crippen LogP contribution < -0.4 is 10.9 Å². The van der Waals surface area contributed by atoms with E-state index in [2.05, 4.69) is 51.3 Å². The fourth-order valence-corrected chi connectivity index (χ4v) is 6.84. The first-order chi connectivity index (χ1) is 17.2. The second kappa shape index (κ2) is 9.58. The van der Waals surface area contributed by atoms with Gasteiger partial charge in [-0.1, -0.05) is 43.2 Å². The number of benzene rings is 2. The summed E-state index contributed by atoms with van der Waals surface area (Å²) in [7, 11) is -1.66. The van der Waals surface area contributed by atoms with Crippen molar-refractivity contribution >= 4 is 58.4 Å². The number of nitrogens with two attached hydrogens (primary N) is 1. The monoisotopic (exact) mass is 516 g/mol. The number of hydrogen-bond acceptors (Lipinski definition) is 5. The minimum Gasteiger partial charge on any atom is -0.383 e. The summed E-state index contributed by atoms with van der Waals surface area (Å²) in [5.74, 6) is 7.24. The number of nitrogen functional groups attached to an aromatic ring is 1. The molecule has 0 aliphatic carbocycles. The van der Waals surface area contributed by atoms with Crippen LogP contribution in [0.5, 0.6) is 0 Å². The molecule has 1 aliphatic heterocycles. The van der Waals surface area contributed by atoms with Crippen LogP contribution in [0.1, 0.15) is 11.3 Å². The number of carbonyl (C=O) groups is 1. The van der Waals surface area contributed by atoms with Crippen molar-refractivity contribution in [2.45, 2.75) is 26.2 Å². The number of carbonyl (C=O) groups excluding carboxylic acids is 1. The van der Waals surface area contributed by atoms with Gasteiger partial charge < -0.3 is 15.6 Å². The number of nitrogens with zero attached hydrogens (tertiary/aromatic N) is 4. The summed E-state index contributed by atoms with van der Waals surface area (Å²) in [4.78, 5) is 28.7. The molecule has 0 bridgehead atoms. The first kappa shape index (κ1) is 24.3. The standard InChI is InChI=1S/C27H29ClN6OSi/c1-36(2,3)26-21-14-19(28)7-9-22(21)32-23(26)5-4-10-33-11-12-34(25(35)16-33)15-18-6-8-20-24(13-18)30-17-31-27(20)29/h6-9,13-14,17,32H,10-12,15-16H2,1-3H3,(H2,29,30,31). The molecule has 36 heavy (non-hydrogen) atoms. The molecule has 1 aliphatic rings. The number of aromatic nitrogens is 3. The van der Waals surface area contributed by atoms with Crippen LogP contribution in [0.4, 0.5) is 5.82 Å². The first-order valence-electron chi connectivity index (χ1n) is 12.0. The van der Waals surface area contributed by atoms with Crippen LogP contribution >= 0.6 is 11.6 Å². The summed E-state index contributed by atoms with van der Waals surface area (Å²) < 4.78 is 0. The van der Waals surface area contributed by atoms with Gasteiger partial charge in [0.15, 0.2) is 0 Å². The van der Waals surface area contributed by atoms with E-state index in [1.165, 1.54) is 11.5 Å². The van der Waals surface area contributed by atoms with E-state index in [1.54, 1.807) is 0 Å². The van der Waals surface area contributed by atoms with Crippen LogP contribution in [-0.2, 0) is 11.3 Å². The number of anilines is 1. The number of hydrogen-bond donors (Lipinski definition) is 2. The molecule has 0 radical (unpaired) electrons. The van der Waals surface area contributed by atoms with E-state index in [0.29, 0.717) is 32.0 Å². The molecule has 184 valence electrons. The highest BCUT2D eigenvalue weighted by Crippen LogP contribution is 2.22. The SMILES string of the molecule is C[Si](C)(C)c1c(C#CCN2CCN(Cc3ccc4c(N)ncnc4c3)C(=O)C2)[nH]c2ccc(Cl)cc12. The number of fused-ring (bicyclic) bond motifs is 2. The summed E-state index contributed by atoms with van der Waals surface area (Å²) in [6.45, 7) is 9.86. The number of aromatic amines is 1. The van der Waals surface area contributed by atoms with Gasteiger partial charge in [0, 0.05) is 40.9 Å². The molecule has 2 aromatic carbocycles. The van der Waals surface area contributed by atoms with E-state index in [9.17, 15) is 4.79 Å². The molecule has 1 fully saturated rings. The van der Waals surface area contributed by atoms with E-state index >= 15 is 0 Å². The number of halogens is 1. The summed E-state index contributed by atoms with van der Waals surface area (Å²) in [5.41, 5.74) is 9.77. The lowest BCUT2D eigenvalue weighted by Gasteiger charge is -2.33. The Morgan fingerprint density at radius 1 is 1.11 bits per heavy atom. The molecule has 2 aromatic heterocycles. The fourth-order valence-electron chi connectivity index (χ4n) is 4.78. The predicted octanol–water partition coefficient (Wildman–Crippen LogP) is 3.59. The van der Waals surface area contributed by atoms with Gasteiger partial charge in [-0.05, 0) is 47.0 Å². The third kappa shape index (κ3) is 4.96. The maximum atomic E-state index is 12.9. The summed E-state index contributed by atoms with van der Waals surface area (Å²) in [6, 6.07) is 11.8. The van der Waals surface area contributed by atoms with Crippen molar-refractivity contribution in [2.75, 3.05) is 31.9 Å². The van der Waals surface area contributed by atoms with Crippen molar-refractivity contribution in [1.29, 1.82) is 0 Å². The molecule has 0 saturated carbocycles. The topological polar surface area (TPSA) is 91.1 Å². The smallest absolute Gasteiger partial charge is 0.237 e. The van der Waals surface area contributed by atoms with Crippen LogP contribution in [0.15, 0.2) is 42.7 Å². The van der Waals surface area contributed by atoms with Crippen molar-refractivity contribution in [3.05, 3.63) is 59.0 Å². The van der Waals surface area contributed by atoms with Crippen LogP contribution in [0.25, 0.3) is 21.8 Å². The lowest BCUT2D eigenvalue weighted by molar-refractivity contribution is -0.136. The molecule has 0 spiro atoms. The highest BCUT2D eigenvalue weighted by atomic mass is 35.5. The number of H-pyrrole nitrogens is 1. The summed E-state index contributed by atoms with van der Waals surface area (Å²) in [6.07, 6.45) is 1.46. The Balaban J connectivity index is 1.25. The van der Waals surface area contributed by atoms with Crippen molar-refractivity contribution < 1.29 is 4.79 Å². The third-order valence-corrected chi connectivity index (χ3v) is 8.78. The van der Waals surface area contributed by atoms with E-state index in [1.807, 2.05) is 41.3 Å². The zero-order valence-electron chi connectivity index (χ0n) is 20.7. The Bertz CT molecular complexity index is 1530. The molecule has 5 rings (SSSR count). The number of piperazine rings is 1. The van der Waals surface area contributed by atoms with Gasteiger partial charge in [0.1, 0.15) is 12.1 Å². The highest BCUT2D eigenvalue weighted by molar-refractivity contribution is 6.91. The minimum atomic E-state index is -1.66. The van der Waals surface area contributed by atoms with Gasteiger partial charge in [-0.2, -0.15) is 0 Å². The molecule has 1 amide bonds. The zero-order chi connectivity index (χ0) is 25.4. The Labute approximate surface area is 216 Å². The van der Waals surface area contributed by atoms with Crippen molar-refractivity contribution in [3.8, 4) is 11.8 Å². The molecule has 4 aromatic rings. The van der Waals surface area contributed by atoms with Gasteiger partial charge in [-0.25, -0.2) is 9.97 Å². The largest absolute Gasteiger partial charge is 0.383 e. The molecular weight excluding hydrogens is 488 g/mol. The van der Waals surface area contributed by atoms with Gasteiger partial charge in [0.2, 0.25) is 5.91 Å². The van der Waals surface area contributed by atoms with Gasteiger partial charge >= 0.3 is 0 Å². The number of amides is 1. The Morgan fingerprint density at radius 2 is 1.94 bits per heavy atom. The average molecular weight is 517 g/mol. The second-order valence-electron chi connectivity index (χ2n) is 10.3. The maximum absolute atomic E-state index is 12.9. The minimum absolute atomic E-state index is 0.105. The zero-order valence-corrected chi connectivity index (χ0v) is 22.5. The van der Waals surface area contributed by atoms with Crippen LogP contribution in [-0.4, -0.2) is 64.9 Å². The Kier molecular flexibility index (Phi) is 6.47. The molecule has 7 nitrogen and oxygen atoms in total. The quantitative estimate of drug-likeness (QED) is 0.319. The van der Waals surface area contributed by atoms with Gasteiger partial charge in [0.05, 0.1) is 32.4 Å². The average Bonchev–Trinajstić information content (AvgIpc) is 3.19. The van der Waals surface area contributed by atoms with E-state index in [4.69, 9.17) is 17.3 Å². The van der Waals surface area contributed by atoms with Gasteiger partial charge in [0.25, 0.3) is 0 Å². The lowest BCUT2D eigenvalue weighted by Crippen LogP contribution is -2.49. The number of rotatable bonds is 4. The Hall–Kier alpha value is -3.38. The number of nitrogens with one attached hydrogen (secondary N) is 1. The molecule has 0 atom stereocenters. The molecule has 0 unspecified atom stereocenters. The van der Waals surface area contributed by atoms with Crippen molar-refractivity contribution in [3.63, 3.8) is 0 Å². The lowest BCUT2D eigenvalue weighted by atomic mass is 10.1. The predicted molar refractivity (Wildman–Crippen MR) is 149 cm³/mol. The highest BCUT2D eigenvalue weighted by Gasteiger charge is 2.26. The first-order valence-corrected chi connectivity index (χ1v) is 15.9. The molecular formula is C27H29ClN6OSi. The molecule has 9 heteroatoms. The maximum Gasteiger partial charge on any atom is 0.237 e. The van der Waals surface area contributed by atoms with E-state index in [0.717, 1.165) is 44.6 Å². The normalized spacial score (nSPS) is 14.9. The van der Waals surface area contributed by atoms with E-state index in [-0.39, 0.29) is 5.91 Å². The molecule has 1 saturated heterocycles. The second-order valence-corrected chi connectivity index (χ2v) is 15.7. The molecule has 3 heterocycles. The van der Waals surface area contributed by atoms with Crippen molar-refractivity contribution in [2.24, 2.45) is 0 Å². The third-order valence-electron chi connectivity index (χ3n) is 6.53. The summed E-state index contributed by atoms with van der Waals surface area (Å²) >= 11 is 6.28. The van der Waals surface area contributed by atoms with Crippen LogP contribution in [0.3, 0.4) is 0 Å². The fraction of sp³-hybridized carbons (Fsp3) is 0.296. The molecule has 3 N–H and O–H groups in total. The van der Waals surface area contributed by atoms with Gasteiger partial charge in [-0.15, -0.1) is 0 Å².